The Hall–Kier alpha value is -1.68. The Balaban J connectivity index is 1.20. The molecule has 42 atom stereocenters. The fourth-order valence-corrected chi connectivity index (χ4v) is 12.8. The molecular weight excluding hydrogens is 1430 g/mol. The van der Waals surface area contributed by atoms with E-state index in [9.17, 15) is 107 Å². The van der Waals surface area contributed by atoms with Crippen LogP contribution in [-0.2, 0) is 99.5 Å². The number of ether oxygens (including phenoxy) is 21. The summed E-state index contributed by atoms with van der Waals surface area (Å²) < 4.78 is 126. The van der Waals surface area contributed by atoms with Crippen LogP contribution >= 0.6 is 0 Å². The lowest BCUT2D eigenvalue weighted by atomic mass is 9.95. The van der Waals surface area contributed by atoms with Gasteiger partial charge in [-0.1, -0.05) is 0 Å². The third kappa shape index (κ3) is 23.7. The van der Waals surface area contributed by atoms with Crippen molar-refractivity contribution in [1.29, 1.82) is 0 Å². The molecule has 0 spiro atoms. The maximum absolute atomic E-state index is 12.1. The van der Waals surface area contributed by atoms with Crippen LogP contribution in [0.25, 0.3) is 0 Å². The molecule has 21 fully saturated rings. The van der Waals surface area contributed by atoms with Crippen molar-refractivity contribution in [2.45, 2.75) is 306 Å². The minimum absolute atomic E-state index is 0.379. The normalized spacial score (nSPS) is 46.0. The Morgan fingerprint density at radius 2 is 0.286 bits per heavy atom. The van der Waals surface area contributed by atoms with E-state index in [1.807, 2.05) is 0 Å². The number of aliphatic hydroxyl groups is 21. The van der Waals surface area contributed by atoms with Crippen molar-refractivity contribution in [1.82, 2.24) is 0 Å². The summed E-state index contributed by atoms with van der Waals surface area (Å²) in [5.74, 6) is 0. The first-order chi connectivity index (χ1) is 49.6. The summed E-state index contributed by atoms with van der Waals surface area (Å²) in [7, 11) is 0. The molecule has 0 aliphatic carbocycles. The van der Waals surface area contributed by atoms with Gasteiger partial charge in [0.2, 0.25) is 0 Å². The molecule has 21 aliphatic rings. The molecule has 14 bridgehead atoms. The van der Waals surface area contributed by atoms with E-state index < -0.39 is 304 Å². The van der Waals surface area contributed by atoms with Gasteiger partial charge in [-0.05, 0) is 48.5 Å². The predicted molar refractivity (Wildman–Crippen MR) is 336 cm³/mol. The van der Waals surface area contributed by atoms with Gasteiger partial charge in [-0.25, -0.2) is 0 Å². The van der Waals surface area contributed by atoms with Crippen LogP contribution < -0.4 is 0 Å². The fourth-order valence-electron chi connectivity index (χ4n) is 12.8. The van der Waals surface area contributed by atoms with Crippen molar-refractivity contribution < 1.29 is 207 Å². The van der Waals surface area contributed by atoms with E-state index in [1.165, 1.54) is 48.5 Å². The lowest BCUT2D eigenvalue weighted by Gasteiger charge is -2.50. The molecule has 105 heavy (non-hydrogen) atoms. The van der Waals surface area contributed by atoms with Crippen LogP contribution in [0.1, 0.15) is 48.5 Å². The number of rotatable bonds is 28. The molecular formula is C63H112O42. The molecule has 42 heteroatoms. The van der Waals surface area contributed by atoms with E-state index in [2.05, 4.69) is 0 Å². The number of hydrogen-bond acceptors (Lipinski definition) is 42. The van der Waals surface area contributed by atoms with Crippen LogP contribution in [0.2, 0.25) is 0 Å². The first-order valence-electron chi connectivity index (χ1n) is 35.2. The average molecular weight is 1540 g/mol. The Labute approximate surface area is 603 Å². The molecule has 21 N–H and O–H groups in total. The standard InChI is InChI=1S/C63H112O42/c1-22(64)8-85-15-29-50-36(71)43(78)57(92-29)100-51-30(16-86-9-23(2)65)94-59(45(80)38(51)73)102-53-32(18-88-11-25(4)67)96-61(47(82)40(53)75)104-55-34(20-90-13-27(6)69)98-63(49(84)42(55)77)105-56-35(21-91-14-28(7)70)97-62(48(83)41(56)76)103-54-33(19-89-12-26(5)68)95-60(46(81)39(54)74)101-52-31(17-87-10-24(3)66)93-58(99-50)44(79)37(52)72/h22-84H,8-21H2,1-7H3/t22?,23?,24?,25?,26?,27?,28?,29-,30-,31-,32-,33-,34-,35-,36-,37-,38-,39-,40-,41-,42-,43-,44-,45-,46-,47-,48-,49?,50-,51-,52-,53-,54-,55-,56-,57-,58-,59-,60-,61-,62-,63-/m1/s1. The number of aliphatic hydroxyl groups excluding tert-OH is 21. The summed E-state index contributed by atoms with van der Waals surface area (Å²) in [4.78, 5) is 0. The monoisotopic (exact) mass is 1540 g/mol. The maximum atomic E-state index is 12.1. The zero-order valence-corrected chi connectivity index (χ0v) is 59.1. The Morgan fingerprint density at radius 1 is 0.181 bits per heavy atom. The van der Waals surface area contributed by atoms with E-state index in [1.54, 1.807) is 0 Å². The Morgan fingerprint density at radius 3 is 0.381 bits per heavy atom. The van der Waals surface area contributed by atoms with Crippen LogP contribution in [0.5, 0.6) is 0 Å². The molecule has 0 aromatic heterocycles. The Kier molecular flexibility index (Phi) is 35.0. The summed E-state index contributed by atoms with van der Waals surface area (Å²) in [6.45, 7) is 2.51. The zero-order chi connectivity index (χ0) is 77.0. The molecule has 21 saturated heterocycles. The smallest absolute Gasteiger partial charge is 0.187 e. The van der Waals surface area contributed by atoms with Gasteiger partial charge in [0.25, 0.3) is 0 Å². The third-order valence-corrected chi connectivity index (χ3v) is 18.0. The molecule has 0 aromatic carbocycles. The molecule has 42 nitrogen and oxygen atoms in total. The average Bonchev–Trinajstić information content (AvgIpc) is 0.785. The molecule has 616 valence electrons. The van der Waals surface area contributed by atoms with Gasteiger partial charge in [-0.2, -0.15) is 0 Å². The van der Waals surface area contributed by atoms with Crippen LogP contribution in [0, 0.1) is 0 Å². The van der Waals surface area contributed by atoms with E-state index in [0.717, 1.165) is 0 Å². The van der Waals surface area contributed by atoms with E-state index in [-0.39, 0.29) is 46.2 Å². The summed E-state index contributed by atoms with van der Waals surface area (Å²) >= 11 is 0. The largest absolute Gasteiger partial charge is 0.391 e. The van der Waals surface area contributed by atoms with E-state index in [0.29, 0.717) is 0 Å². The predicted octanol–water partition coefficient (Wildman–Crippen LogP) is -12.4. The molecule has 21 rings (SSSR count). The quantitative estimate of drug-likeness (QED) is 0.0346. The molecule has 0 aromatic rings. The highest BCUT2D eigenvalue weighted by atomic mass is 16.8. The van der Waals surface area contributed by atoms with Gasteiger partial charge in [0.05, 0.1) is 135 Å². The van der Waals surface area contributed by atoms with Gasteiger partial charge in [-0.3, -0.25) is 0 Å². The summed E-state index contributed by atoms with van der Waals surface area (Å²) in [5, 5.41) is 240. The first-order valence-corrected chi connectivity index (χ1v) is 35.2. The minimum atomic E-state index is -2.24. The summed E-state index contributed by atoms with van der Waals surface area (Å²) in [6.07, 6.45) is -78.0. The lowest BCUT2D eigenvalue weighted by molar-refractivity contribution is -0.398. The van der Waals surface area contributed by atoms with Gasteiger partial charge >= 0.3 is 0 Å². The lowest BCUT2D eigenvalue weighted by Crippen LogP contribution is -2.68. The van der Waals surface area contributed by atoms with Crippen molar-refractivity contribution in [2.75, 3.05) is 92.5 Å². The van der Waals surface area contributed by atoms with Crippen molar-refractivity contribution in [3.05, 3.63) is 0 Å². The molecule has 0 amide bonds. The van der Waals surface area contributed by atoms with Crippen molar-refractivity contribution in [2.24, 2.45) is 0 Å². The SMILES string of the molecule is CC(O)COC[C@H]1O[C@@H]2O[C@H]3[C@H](O)[C@@H](O)[C@@H](O[C@H]4[C@H](O)[C@@H](O)[C@@H](O[C@H]5[C@H](O)[C@@H](O)[C@@H](O[C@H]6[C@H](O)[C@@H](O)[C@@H](O[C@H]7[C@H](O)[C@@H](O)[C@@H](O[C@H]8[C@H](O)C(O)[C@@H](O[C@H]1[C@H](O)[C@H]2O)O[C@@H]8COCC(C)O)O[C@@H]7COCC(C)O)O[C@@H]6COCC(C)O)O[C@@H]5COCC(C)O)O[C@@H]4COCC(C)O)O[C@@H]3COCC(C)O. The van der Waals surface area contributed by atoms with Crippen molar-refractivity contribution in [3.63, 3.8) is 0 Å². The summed E-state index contributed by atoms with van der Waals surface area (Å²) in [5.41, 5.74) is 0. The third-order valence-electron chi connectivity index (χ3n) is 18.0. The minimum Gasteiger partial charge on any atom is -0.391 e. The highest BCUT2D eigenvalue weighted by Gasteiger charge is 2.60. The topological polar surface area (TPSA) is 619 Å². The summed E-state index contributed by atoms with van der Waals surface area (Å²) in [6, 6.07) is 0. The van der Waals surface area contributed by atoms with Gasteiger partial charge < -0.3 is 207 Å². The van der Waals surface area contributed by atoms with Gasteiger partial charge in [0.15, 0.2) is 44.0 Å². The van der Waals surface area contributed by atoms with Gasteiger partial charge in [0, 0.05) is 0 Å². The van der Waals surface area contributed by atoms with Gasteiger partial charge in [-0.15, -0.1) is 0 Å². The molecule has 21 aliphatic heterocycles. The first kappa shape index (κ1) is 88.9. The van der Waals surface area contributed by atoms with Crippen LogP contribution in [0.15, 0.2) is 0 Å². The molecule has 8 unspecified atom stereocenters. The molecule has 21 heterocycles. The van der Waals surface area contributed by atoms with Crippen LogP contribution in [0.3, 0.4) is 0 Å². The highest BCUT2D eigenvalue weighted by molar-refractivity contribution is 5.02. The zero-order valence-electron chi connectivity index (χ0n) is 59.1. The van der Waals surface area contributed by atoms with Gasteiger partial charge in [0.1, 0.15) is 171 Å². The fraction of sp³-hybridized carbons (Fsp3) is 1.00. The van der Waals surface area contributed by atoms with Crippen molar-refractivity contribution >= 4 is 0 Å². The second-order valence-corrected chi connectivity index (χ2v) is 28.1. The molecule has 0 saturated carbocycles. The second kappa shape index (κ2) is 41.4. The maximum Gasteiger partial charge on any atom is 0.187 e. The van der Waals surface area contributed by atoms with E-state index >= 15 is 0 Å². The van der Waals surface area contributed by atoms with Crippen LogP contribution in [-0.4, -0.2) is 457 Å². The molecule has 0 radical (unpaired) electrons. The number of hydrogen-bond donors (Lipinski definition) is 21. The highest BCUT2D eigenvalue weighted by Crippen LogP contribution is 2.40. The van der Waals surface area contributed by atoms with Crippen molar-refractivity contribution in [3.8, 4) is 0 Å². The van der Waals surface area contributed by atoms with E-state index in [4.69, 9.17) is 99.5 Å². The second-order valence-electron chi connectivity index (χ2n) is 28.1. The van der Waals surface area contributed by atoms with Crippen LogP contribution in [0.4, 0.5) is 0 Å². The Bertz CT molecular complexity index is 2000.